The van der Waals surface area contributed by atoms with Crippen LogP contribution in [0.5, 0.6) is 0 Å². The van der Waals surface area contributed by atoms with Crippen LogP contribution in [0.1, 0.15) is 25.5 Å². The molecular weight excluding hydrogens is 268 g/mol. The molecule has 0 aromatic heterocycles. The predicted molar refractivity (Wildman–Crippen MR) is 70.0 cm³/mol. The second kappa shape index (κ2) is 7.54. The van der Waals surface area contributed by atoms with E-state index in [0.29, 0.717) is 6.54 Å². The number of carbonyl (C=O) groups excluding carboxylic acids is 2. The Morgan fingerprint density at radius 1 is 1.30 bits per heavy atom. The van der Waals surface area contributed by atoms with E-state index in [1.807, 2.05) is 0 Å². The van der Waals surface area contributed by atoms with E-state index in [2.05, 4.69) is 16.0 Å². The fraction of sp³-hybridized carbons (Fsp3) is 0.385. The molecule has 0 bridgehead atoms. The van der Waals surface area contributed by atoms with Gasteiger partial charge < -0.3 is 10.6 Å². The van der Waals surface area contributed by atoms with Crippen molar-refractivity contribution in [2.45, 2.75) is 19.9 Å². The molecule has 1 aromatic rings. The van der Waals surface area contributed by atoms with Gasteiger partial charge in [-0.05, 0) is 19.9 Å². The lowest BCUT2D eigenvalue weighted by molar-refractivity contribution is -0.119. The van der Waals surface area contributed by atoms with Gasteiger partial charge in [-0.25, -0.2) is 13.6 Å². The number of imide groups is 1. The largest absolute Gasteiger partial charge is 0.338 e. The van der Waals surface area contributed by atoms with Crippen molar-refractivity contribution in [2.24, 2.45) is 0 Å². The fourth-order valence-corrected chi connectivity index (χ4v) is 1.58. The number of hydrogen-bond acceptors (Lipinski definition) is 3. The molecule has 0 unspecified atom stereocenters. The molecule has 0 aliphatic rings. The van der Waals surface area contributed by atoms with Gasteiger partial charge in [0.15, 0.2) is 0 Å². The Morgan fingerprint density at radius 2 is 2.00 bits per heavy atom. The van der Waals surface area contributed by atoms with Crippen molar-refractivity contribution in [3.63, 3.8) is 0 Å². The molecule has 20 heavy (non-hydrogen) atoms. The summed E-state index contributed by atoms with van der Waals surface area (Å²) in [5.74, 6) is -1.88. The summed E-state index contributed by atoms with van der Waals surface area (Å²) in [6.07, 6.45) is 0. The molecular formula is C13H17F2N3O2. The van der Waals surface area contributed by atoms with Crippen molar-refractivity contribution >= 4 is 11.9 Å². The van der Waals surface area contributed by atoms with Crippen LogP contribution in [0.4, 0.5) is 13.6 Å². The summed E-state index contributed by atoms with van der Waals surface area (Å²) in [6.45, 7) is 3.61. The summed E-state index contributed by atoms with van der Waals surface area (Å²) < 4.78 is 26.3. The van der Waals surface area contributed by atoms with E-state index in [9.17, 15) is 18.4 Å². The summed E-state index contributed by atoms with van der Waals surface area (Å²) in [6, 6.07) is 2.16. The minimum absolute atomic E-state index is 0.158. The second-order valence-corrected chi connectivity index (χ2v) is 4.18. The molecule has 0 fully saturated rings. The summed E-state index contributed by atoms with van der Waals surface area (Å²) in [5.41, 5.74) is 0.247. The van der Waals surface area contributed by atoms with E-state index < -0.39 is 29.6 Å². The van der Waals surface area contributed by atoms with Gasteiger partial charge in [0, 0.05) is 24.2 Å². The lowest BCUT2D eigenvalue weighted by Crippen LogP contribution is -2.43. The fourth-order valence-electron chi connectivity index (χ4n) is 1.58. The summed E-state index contributed by atoms with van der Waals surface area (Å²) in [4.78, 5) is 22.5. The highest BCUT2D eigenvalue weighted by Gasteiger charge is 2.13. The average Bonchev–Trinajstić information content (AvgIpc) is 2.36. The summed E-state index contributed by atoms with van der Waals surface area (Å²) >= 11 is 0. The number of carbonyl (C=O) groups is 2. The first kappa shape index (κ1) is 16.0. The number of amides is 3. The van der Waals surface area contributed by atoms with Crippen molar-refractivity contribution in [1.82, 2.24) is 16.0 Å². The number of nitrogens with one attached hydrogen (secondary N) is 3. The molecule has 7 heteroatoms. The molecule has 0 saturated heterocycles. The van der Waals surface area contributed by atoms with Gasteiger partial charge in [0.2, 0.25) is 5.91 Å². The molecule has 1 atom stereocenters. The van der Waals surface area contributed by atoms with Gasteiger partial charge >= 0.3 is 6.03 Å². The maximum Gasteiger partial charge on any atom is 0.321 e. The minimum atomic E-state index is -0.686. The number of hydrogen-bond donors (Lipinski definition) is 3. The Morgan fingerprint density at radius 3 is 2.60 bits per heavy atom. The zero-order valence-corrected chi connectivity index (χ0v) is 11.3. The smallest absolute Gasteiger partial charge is 0.321 e. The first-order valence-corrected chi connectivity index (χ1v) is 6.20. The first-order chi connectivity index (χ1) is 9.43. The van der Waals surface area contributed by atoms with Crippen LogP contribution in [0.3, 0.4) is 0 Å². The van der Waals surface area contributed by atoms with E-state index in [1.165, 1.54) is 6.07 Å². The monoisotopic (exact) mass is 285 g/mol. The Balaban J connectivity index is 2.48. The standard InChI is InChI=1S/C13H17F2N3O2/c1-3-16-13(20)18-12(19)7-17-8(2)10-5-4-9(14)6-11(10)15/h4-6,8,17H,3,7H2,1-2H3,(H2,16,18,19,20)/t8-/m0/s1. The normalized spacial score (nSPS) is 11.8. The van der Waals surface area contributed by atoms with Gasteiger partial charge in [0.1, 0.15) is 11.6 Å². The Bertz CT molecular complexity index is 495. The van der Waals surface area contributed by atoms with Crippen molar-refractivity contribution in [3.05, 3.63) is 35.4 Å². The SMILES string of the molecule is CCNC(=O)NC(=O)CN[C@@H](C)c1ccc(F)cc1F. The molecule has 3 amide bonds. The van der Waals surface area contributed by atoms with Crippen molar-refractivity contribution < 1.29 is 18.4 Å². The number of halogens is 2. The topological polar surface area (TPSA) is 70.2 Å². The molecule has 0 aliphatic heterocycles. The van der Waals surface area contributed by atoms with Gasteiger partial charge in [-0.1, -0.05) is 6.07 Å². The third-order valence-electron chi connectivity index (χ3n) is 2.59. The zero-order chi connectivity index (χ0) is 15.1. The van der Waals surface area contributed by atoms with Crippen molar-refractivity contribution in [3.8, 4) is 0 Å². The van der Waals surface area contributed by atoms with Gasteiger partial charge in [-0.3, -0.25) is 10.1 Å². The van der Waals surface area contributed by atoms with Crippen LogP contribution >= 0.6 is 0 Å². The zero-order valence-electron chi connectivity index (χ0n) is 11.3. The quantitative estimate of drug-likeness (QED) is 0.767. The van der Waals surface area contributed by atoms with Gasteiger partial charge in [0.05, 0.1) is 6.54 Å². The number of benzene rings is 1. The van der Waals surface area contributed by atoms with E-state index in [-0.39, 0.29) is 12.1 Å². The Kier molecular flexibility index (Phi) is 6.05. The first-order valence-electron chi connectivity index (χ1n) is 6.20. The lowest BCUT2D eigenvalue weighted by Gasteiger charge is -2.14. The van der Waals surface area contributed by atoms with Crippen LogP contribution in [-0.4, -0.2) is 25.0 Å². The van der Waals surface area contributed by atoms with E-state index in [4.69, 9.17) is 0 Å². The molecule has 0 aliphatic carbocycles. The van der Waals surface area contributed by atoms with Crippen LogP contribution in [0.25, 0.3) is 0 Å². The minimum Gasteiger partial charge on any atom is -0.338 e. The molecule has 0 saturated carbocycles. The van der Waals surface area contributed by atoms with E-state index in [0.717, 1.165) is 12.1 Å². The highest BCUT2D eigenvalue weighted by molar-refractivity contribution is 5.95. The summed E-state index contributed by atoms with van der Waals surface area (Å²) in [7, 11) is 0. The molecule has 1 aromatic carbocycles. The molecule has 0 heterocycles. The van der Waals surface area contributed by atoms with Gasteiger partial charge in [-0.2, -0.15) is 0 Å². The molecule has 0 spiro atoms. The average molecular weight is 285 g/mol. The molecule has 5 nitrogen and oxygen atoms in total. The maximum absolute atomic E-state index is 13.5. The highest BCUT2D eigenvalue weighted by Crippen LogP contribution is 2.17. The van der Waals surface area contributed by atoms with Crippen molar-refractivity contribution in [1.29, 1.82) is 0 Å². The van der Waals surface area contributed by atoms with Crippen LogP contribution in [0.15, 0.2) is 18.2 Å². The van der Waals surface area contributed by atoms with E-state index in [1.54, 1.807) is 13.8 Å². The van der Waals surface area contributed by atoms with Crippen LogP contribution in [0.2, 0.25) is 0 Å². The number of rotatable bonds is 5. The van der Waals surface area contributed by atoms with Crippen LogP contribution in [0, 0.1) is 11.6 Å². The maximum atomic E-state index is 13.5. The molecule has 1 rings (SSSR count). The summed E-state index contributed by atoms with van der Waals surface area (Å²) in [5, 5.41) is 7.27. The van der Waals surface area contributed by atoms with Crippen LogP contribution in [-0.2, 0) is 4.79 Å². The van der Waals surface area contributed by atoms with Gasteiger partial charge in [0.25, 0.3) is 0 Å². The number of urea groups is 1. The van der Waals surface area contributed by atoms with Gasteiger partial charge in [-0.15, -0.1) is 0 Å². The molecule has 110 valence electrons. The third-order valence-corrected chi connectivity index (χ3v) is 2.59. The van der Waals surface area contributed by atoms with Crippen LogP contribution < -0.4 is 16.0 Å². The molecule has 0 radical (unpaired) electrons. The third kappa shape index (κ3) is 4.93. The highest BCUT2D eigenvalue weighted by atomic mass is 19.1. The van der Waals surface area contributed by atoms with E-state index >= 15 is 0 Å². The Labute approximate surface area is 115 Å². The lowest BCUT2D eigenvalue weighted by atomic mass is 10.1. The molecule has 3 N–H and O–H groups in total. The van der Waals surface area contributed by atoms with Crippen molar-refractivity contribution in [2.75, 3.05) is 13.1 Å². The predicted octanol–water partition coefficient (Wildman–Crippen LogP) is 1.46. The second-order valence-electron chi connectivity index (χ2n) is 4.18. The Hall–Kier alpha value is -2.02.